The summed E-state index contributed by atoms with van der Waals surface area (Å²) in [4.78, 5) is 15.3. The Hall–Kier alpha value is -2.99. The first-order valence-corrected chi connectivity index (χ1v) is 11.8. The molecule has 6 heteroatoms. The number of aromatic nitrogens is 3. The fourth-order valence-corrected chi connectivity index (χ4v) is 4.42. The molecule has 1 amide bonds. The van der Waals surface area contributed by atoms with Crippen molar-refractivity contribution in [1.82, 2.24) is 25.2 Å². The molecule has 2 heterocycles. The SMILES string of the molecule is O=C(NC[C@H](c1ccccc1)N1CCCCCC1)c1cn(CCCc2ccccc2)nn1. The minimum Gasteiger partial charge on any atom is -0.349 e. The van der Waals surface area contributed by atoms with Gasteiger partial charge < -0.3 is 5.32 Å². The third kappa shape index (κ3) is 6.26. The third-order valence-corrected chi connectivity index (χ3v) is 6.19. The summed E-state index contributed by atoms with van der Waals surface area (Å²) in [6, 6.07) is 21.1. The largest absolute Gasteiger partial charge is 0.349 e. The number of likely N-dealkylation sites (tertiary alicyclic amines) is 1. The van der Waals surface area contributed by atoms with Crippen LogP contribution in [0.25, 0.3) is 0 Å². The van der Waals surface area contributed by atoms with Gasteiger partial charge in [0.2, 0.25) is 0 Å². The van der Waals surface area contributed by atoms with Crippen molar-refractivity contribution in [3.8, 4) is 0 Å². The summed E-state index contributed by atoms with van der Waals surface area (Å²) in [5, 5.41) is 11.4. The van der Waals surface area contributed by atoms with E-state index in [1.165, 1.54) is 36.8 Å². The van der Waals surface area contributed by atoms with Crippen molar-refractivity contribution in [3.63, 3.8) is 0 Å². The zero-order valence-corrected chi connectivity index (χ0v) is 18.7. The normalized spacial score (nSPS) is 15.8. The van der Waals surface area contributed by atoms with E-state index in [4.69, 9.17) is 0 Å². The highest BCUT2D eigenvalue weighted by Gasteiger charge is 2.22. The number of hydrogen-bond acceptors (Lipinski definition) is 4. The van der Waals surface area contributed by atoms with Gasteiger partial charge in [-0.2, -0.15) is 0 Å². The highest BCUT2D eigenvalue weighted by Crippen LogP contribution is 2.23. The minimum absolute atomic E-state index is 0.157. The van der Waals surface area contributed by atoms with E-state index in [1.54, 1.807) is 10.9 Å². The molecule has 1 saturated heterocycles. The van der Waals surface area contributed by atoms with Crippen LogP contribution in [0.4, 0.5) is 0 Å². The van der Waals surface area contributed by atoms with Crippen LogP contribution < -0.4 is 5.32 Å². The fourth-order valence-electron chi connectivity index (χ4n) is 4.42. The van der Waals surface area contributed by atoms with E-state index in [1.807, 2.05) is 12.1 Å². The Morgan fingerprint density at radius 3 is 2.34 bits per heavy atom. The molecule has 0 unspecified atom stereocenters. The maximum Gasteiger partial charge on any atom is 0.273 e. The number of nitrogens with zero attached hydrogens (tertiary/aromatic N) is 4. The van der Waals surface area contributed by atoms with Gasteiger partial charge in [-0.15, -0.1) is 5.10 Å². The highest BCUT2D eigenvalue weighted by molar-refractivity contribution is 5.91. The van der Waals surface area contributed by atoms with E-state index in [0.29, 0.717) is 12.2 Å². The van der Waals surface area contributed by atoms with Crippen LogP contribution in [0.3, 0.4) is 0 Å². The average Bonchev–Trinajstić information content (AvgIpc) is 3.15. The van der Waals surface area contributed by atoms with Crippen LogP contribution >= 0.6 is 0 Å². The first kappa shape index (κ1) is 22.2. The lowest BCUT2D eigenvalue weighted by Gasteiger charge is -2.31. The summed E-state index contributed by atoms with van der Waals surface area (Å²) in [7, 11) is 0. The number of hydrogen-bond donors (Lipinski definition) is 1. The van der Waals surface area contributed by atoms with Gasteiger partial charge in [0.25, 0.3) is 5.91 Å². The molecule has 6 nitrogen and oxygen atoms in total. The molecular weight excluding hydrogens is 398 g/mol. The number of aryl methyl sites for hydroxylation is 2. The number of carbonyl (C=O) groups is 1. The molecule has 1 N–H and O–H groups in total. The molecule has 1 aromatic heterocycles. The fraction of sp³-hybridized carbons (Fsp3) is 0.423. The van der Waals surface area contributed by atoms with Crippen molar-refractivity contribution in [1.29, 1.82) is 0 Å². The number of nitrogens with one attached hydrogen (secondary N) is 1. The van der Waals surface area contributed by atoms with Crippen molar-refractivity contribution in [2.45, 2.75) is 51.1 Å². The molecule has 0 bridgehead atoms. The van der Waals surface area contributed by atoms with E-state index in [0.717, 1.165) is 32.5 Å². The molecule has 1 aliphatic heterocycles. The lowest BCUT2D eigenvalue weighted by molar-refractivity contribution is 0.0928. The second kappa shape index (κ2) is 11.6. The summed E-state index contributed by atoms with van der Waals surface area (Å²) in [6.07, 6.45) is 8.71. The molecule has 32 heavy (non-hydrogen) atoms. The smallest absolute Gasteiger partial charge is 0.273 e. The van der Waals surface area contributed by atoms with Gasteiger partial charge in [-0.3, -0.25) is 14.4 Å². The standard InChI is InChI=1S/C26H33N5O/c32-26(24-21-31(29-28-24)19-11-14-22-12-5-3-6-13-22)27-20-25(23-15-7-4-8-16-23)30-17-9-1-2-10-18-30/h3-8,12-13,15-16,21,25H,1-2,9-11,14,17-20H2,(H,27,32)/t25-/m1/s1. The van der Waals surface area contributed by atoms with Crippen molar-refractivity contribution in [3.05, 3.63) is 83.7 Å². The summed E-state index contributed by atoms with van der Waals surface area (Å²) >= 11 is 0. The van der Waals surface area contributed by atoms with Gasteiger partial charge in [0.05, 0.1) is 12.2 Å². The molecule has 0 radical (unpaired) electrons. The van der Waals surface area contributed by atoms with Crippen molar-refractivity contribution < 1.29 is 4.79 Å². The Bertz CT molecular complexity index is 949. The van der Waals surface area contributed by atoms with E-state index in [-0.39, 0.29) is 11.9 Å². The number of benzene rings is 2. The molecule has 1 fully saturated rings. The van der Waals surface area contributed by atoms with Crippen molar-refractivity contribution in [2.24, 2.45) is 0 Å². The molecule has 3 aromatic rings. The number of carbonyl (C=O) groups excluding carboxylic acids is 1. The van der Waals surface area contributed by atoms with E-state index in [2.05, 4.69) is 69.1 Å². The molecule has 168 valence electrons. The van der Waals surface area contributed by atoms with Gasteiger partial charge >= 0.3 is 0 Å². The lowest BCUT2D eigenvalue weighted by atomic mass is 10.0. The Labute approximate surface area is 190 Å². The molecule has 2 aromatic carbocycles. The van der Waals surface area contributed by atoms with Gasteiger partial charge in [-0.25, -0.2) is 0 Å². The third-order valence-electron chi connectivity index (χ3n) is 6.19. The maximum absolute atomic E-state index is 12.8. The second-order valence-electron chi connectivity index (χ2n) is 8.54. The molecule has 0 aliphatic carbocycles. The number of amides is 1. The molecule has 4 rings (SSSR count). The highest BCUT2D eigenvalue weighted by atomic mass is 16.2. The Morgan fingerprint density at radius 2 is 1.62 bits per heavy atom. The lowest BCUT2D eigenvalue weighted by Crippen LogP contribution is -2.38. The summed E-state index contributed by atoms with van der Waals surface area (Å²) < 4.78 is 1.77. The first-order valence-electron chi connectivity index (χ1n) is 11.8. The van der Waals surface area contributed by atoms with Crippen LogP contribution in [0.15, 0.2) is 66.9 Å². The Morgan fingerprint density at radius 1 is 0.938 bits per heavy atom. The van der Waals surface area contributed by atoms with Gasteiger partial charge in [0, 0.05) is 13.1 Å². The van der Waals surface area contributed by atoms with E-state index in [9.17, 15) is 4.79 Å². The molecule has 0 saturated carbocycles. The van der Waals surface area contributed by atoms with E-state index >= 15 is 0 Å². The van der Waals surface area contributed by atoms with Gasteiger partial charge in [-0.1, -0.05) is 78.7 Å². The molecule has 1 atom stereocenters. The van der Waals surface area contributed by atoms with Crippen molar-refractivity contribution >= 4 is 5.91 Å². The average molecular weight is 432 g/mol. The van der Waals surface area contributed by atoms with Crippen LogP contribution in [-0.4, -0.2) is 45.4 Å². The van der Waals surface area contributed by atoms with Crippen molar-refractivity contribution in [2.75, 3.05) is 19.6 Å². The van der Waals surface area contributed by atoms with Gasteiger partial charge in [0.15, 0.2) is 5.69 Å². The summed E-state index contributed by atoms with van der Waals surface area (Å²) in [5.74, 6) is -0.157. The minimum atomic E-state index is -0.157. The molecule has 0 spiro atoms. The topological polar surface area (TPSA) is 63.1 Å². The predicted octanol–water partition coefficient (Wildman–Crippen LogP) is 4.26. The van der Waals surface area contributed by atoms with Crippen LogP contribution in [0.5, 0.6) is 0 Å². The van der Waals surface area contributed by atoms with Crippen LogP contribution in [-0.2, 0) is 13.0 Å². The Balaban J connectivity index is 1.32. The Kier molecular flexibility index (Phi) is 8.04. The van der Waals surface area contributed by atoms with Crippen LogP contribution in [0.1, 0.15) is 59.8 Å². The quantitative estimate of drug-likeness (QED) is 0.550. The maximum atomic E-state index is 12.8. The number of rotatable bonds is 9. The zero-order chi connectivity index (χ0) is 22.0. The predicted molar refractivity (Wildman–Crippen MR) is 126 cm³/mol. The van der Waals surface area contributed by atoms with Gasteiger partial charge in [0.1, 0.15) is 0 Å². The molecular formula is C26H33N5O. The molecule has 1 aliphatic rings. The second-order valence-corrected chi connectivity index (χ2v) is 8.54. The van der Waals surface area contributed by atoms with E-state index < -0.39 is 0 Å². The van der Waals surface area contributed by atoms with Crippen LogP contribution in [0, 0.1) is 0 Å². The zero-order valence-electron chi connectivity index (χ0n) is 18.7. The first-order chi connectivity index (χ1) is 15.8. The van der Waals surface area contributed by atoms with Crippen LogP contribution in [0.2, 0.25) is 0 Å². The summed E-state index contributed by atoms with van der Waals surface area (Å²) in [6.45, 7) is 3.47. The van der Waals surface area contributed by atoms with Gasteiger partial charge in [-0.05, 0) is 49.9 Å². The monoisotopic (exact) mass is 431 g/mol. The summed E-state index contributed by atoms with van der Waals surface area (Å²) in [5.41, 5.74) is 2.94.